The molecule has 1 heterocycles. The van der Waals surface area contributed by atoms with Gasteiger partial charge in [-0.15, -0.1) is 12.4 Å². The Hall–Kier alpha value is -1.06. The van der Waals surface area contributed by atoms with E-state index in [0.29, 0.717) is 24.8 Å². The van der Waals surface area contributed by atoms with Gasteiger partial charge in [-0.05, 0) is 55.3 Å². The number of benzene rings is 1. The number of halogens is 1. The summed E-state index contributed by atoms with van der Waals surface area (Å²) in [5.41, 5.74) is 2.55. The van der Waals surface area contributed by atoms with Crippen molar-refractivity contribution in [2.75, 3.05) is 20.1 Å². The number of aryl methyl sites for hydroxylation is 1. The number of piperidine rings is 1. The van der Waals surface area contributed by atoms with Crippen molar-refractivity contribution in [3.8, 4) is 0 Å². The van der Waals surface area contributed by atoms with E-state index in [1.807, 2.05) is 11.9 Å². The predicted octanol–water partition coefficient (Wildman–Crippen LogP) is 3.66. The van der Waals surface area contributed by atoms with Gasteiger partial charge in [-0.2, -0.15) is 0 Å². The molecule has 1 aromatic rings. The number of nitrogens with one attached hydrogen (secondary N) is 1. The summed E-state index contributed by atoms with van der Waals surface area (Å²) >= 11 is 0. The minimum Gasteiger partial charge on any atom is -0.341 e. The molecular weight excluding hydrogens is 308 g/mol. The van der Waals surface area contributed by atoms with Gasteiger partial charge in [-0.3, -0.25) is 4.79 Å². The number of rotatable bonds is 6. The van der Waals surface area contributed by atoms with E-state index < -0.39 is 0 Å². The molecule has 0 aliphatic carbocycles. The molecule has 1 aliphatic rings. The van der Waals surface area contributed by atoms with E-state index in [1.165, 1.54) is 24.0 Å². The third kappa shape index (κ3) is 6.15. The first kappa shape index (κ1) is 20.0. The molecule has 130 valence electrons. The largest absolute Gasteiger partial charge is 0.341 e. The van der Waals surface area contributed by atoms with Crippen molar-refractivity contribution in [3.63, 3.8) is 0 Å². The van der Waals surface area contributed by atoms with Crippen molar-refractivity contribution < 1.29 is 4.79 Å². The third-order valence-corrected chi connectivity index (χ3v) is 4.91. The van der Waals surface area contributed by atoms with Crippen LogP contribution < -0.4 is 5.32 Å². The molecule has 2 rings (SSSR count). The van der Waals surface area contributed by atoms with Crippen LogP contribution in [0.15, 0.2) is 24.3 Å². The second-order valence-electron chi connectivity index (χ2n) is 6.71. The number of amides is 1. The lowest BCUT2D eigenvalue weighted by Crippen LogP contribution is -2.36. The Balaban J connectivity index is 0.00000264. The zero-order chi connectivity index (χ0) is 15.9. The van der Waals surface area contributed by atoms with Gasteiger partial charge in [-0.25, -0.2) is 0 Å². The summed E-state index contributed by atoms with van der Waals surface area (Å²) in [5.74, 6) is 1.37. The summed E-state index contributed by atoms with van der Waals surface area (Å²) < 4.78 is 0. The molecular formula is C19H31ClN2O. The van der Waals surface area contributed by atoms with Gasteiger partial charge in [0.25, 0.3) is 0 Å². The van der Waals surface area contributed by atoms with Crippen LogP contribution in [0.2, 0.25) is 0 Å². The molecule has 4 heteroatoms. The fourth-order valence-corrected chi connectivity index (χ4v) is 3.20. The lowest BCUT2D eigenvalue weighted by Gasteiger charge is -2.29. The van der Waals surface area contributed by atoms with Crippen molar-refractivity contribution in [3.05, 3.63) is 35.4 Å². The average Bonchev–Trinajstić information content (AvgIpc) is 2.56. The first-order valence-corrected chi connectivity index (χ1v) is 8.62. The zero-order valence-corrected chi connectivity index (χ0v) is 15.5. The summed E-state index contributed by atoms with van der Waals surface area (Å²) in [5, 5.41) is 3.44. The Labute approximate surface area is 147 Å². The number of carbonyl (C=O) groups excluding carboxylic acids is 1. The molecule has 1 amide bonds. The standard InChI is InChI=1S/C19H30N2O.ClH/c1-4-16-7-9-17(10-8-16)14-21(3)19(22)12-15(2)18-6-5-11-20-13-18;/h7-10,15,18,20H,4-6,11-14H2,1-3H3;1H. The smallest absolute Gasteiger partial charge is 0.222 e. The van der Waals surface area contributed by atoms with Crippen LogP contribution in [0.5, 0.6) is 0 Å². The Morgan fingerprint density at radius 2 is 1.96 bits per heavy atom. The molecule has 0 aromatic heterocycles. The van der Waals surface area contributed by atoms with Crippen molar-refractivity contribution >= 4 is 18.3 Å². The van der Waals surface area contributed by atoms with Crippen LogP contribution in [0.3, 0.4) is 0 Å². The Morgan fingerprint density at radius 3 is 2.52 bits per heavy atom. The molecule has 0 saturated carbocycles. The highest BCUT2D eigenvalue weighted by Gasteiger charge is 2.23. The number of hydrogen-bond donors (Lipinski definition) is 1. The van der Waals surface area contributed by atoms with Gasteiger partial charge in [0.15, 0.2) is 0 Å². The van der Waals surface area contributed by atoms with Gasteiger partial charge in [0.1, 0.15) is 0 Å². The minimum atomic E-state index is 0. The molecule has 0 bridgehead atoms. The van der Waals surface area contributed by atoms with Crippen LogP contribution in [-0.2, 0) is 17.8 Å². The molecule has 0 spiro atoms. The fraction of sp³-hybridized carbons (Fsp3) is 0.632. The Bertz CT molecular complexity index is 469. The summed E-state index contributed by atoms with van der Waals surface area (Å²) in [7, 11) is 1.92. The predicted molar refractivity (Wildman–Crippen MR) is 98.9 cm³/mol. The van der Waals surface area contributed by atoms with Gasteiger partial charge >= 0.3 is 0 Å². The molecule has 1 aromatic carbocycles. The van der Waals surface area contributed by atoms with Crippen LogP contribution in [-0.4, -0.2) is 30.9 Å². The van der Waals surface area contributed by atoms with Gasteiger partial charge in [0.2, 0.25) is 5.91 Å². The first-order chi connectivity index (χ1) is 10.6. The highest BCUT2D eigenvalue weighted by atomic mass is 35.5. The maximum Gasteiger partial charge on any atom is 0.222 e. The van der Waals surface area contributed by atoms with Crippen LogP contribution in [0, 0.1) is 11.8 Å². The van der Waals surface area contributed by atoms with Crippen molar-refractivity contribution in [1.82, 2.24) is 10.2 Å². The first-order valence-electron chi connectivity index (χ1n) is 8.62. The third-order valence-electron chi connectivity index (χ3n) is 4.91. The molecule has 3 nitrogen and oxygen atoms in total. The van der Waals surface area contributed by atoms with E-state index >= 15 is 0 Å². The quantitative estimate of drug-likeness (QED) is 0.858. The number of hydrogen-bond acceptors (Lipinski definition) is 2. The summed E-state index contributed by atoms with van der Waals surface area (Å²) in [6.45, 7) is 7.28. The molecule has 1 aliphatic heterocycles. The second-order valence-corrected chi connectivity index (χ2v) is 6.71. The summed E-state index contributed by atoms with van der Waals surface area (Å²) in [6.07, 6.45) is 4.21. The normalized spacial score (nSPS) is 18.8. The van der Waals surface area contributed by atoms with E-state index in [4.69, 9.17) is 0 Å². The zero-order valence-electron chi connectivity index (χ0n) is 14.7. The molecule has 1 saturated heterocycles. The summed E-state index contributed by atoms with van der Waals surface area (Å²) in [4.78, 5) is 14.3. The highest BCUT2D eigenvalue weighted by molar-refractivity contribution is 5.85. The monoisotopic (exact) mass is 338 g/mol. The second kappa shape index (κ2) is 9.94. The maximum absolute atomic E-state index is 12.4. The molecule has 1 N–H and O–H groups in total. The number of carbonyl (C=O) groups is 1. The van der Waals surface area contributed by atoms with Crippen molar-refractivity contribution in [2.24, 2.45) is 11.8 Å². The van der Waals surface area contributed by atoms with Gasteiger partial charge in [-0.1, -0.05) is 38.1 Å². The molecule has 2 unspecified atom stereocenters. The van der Waals surface area contributed by atoms with Crippen molar-refractivity contribution in [2.45, 2.75) is 46.1 Å². The highest BCUT2D eigenvalue weighted by Crippen LogP contribution is 2.23. The van der Waals surface area contributed by atoms with Gasteiger partial charge in [0, 0.05) is 20.0 Å². The van der Waals surface area contributed by atoms with E-state index in [2.05, 4.69) is 43.4 Å². The van der Waals surface area contributed by atoms with Crippen LogP contribution >= 0.6 is 12.4 Å². The Kier molecular flexibility index (Phi) is 8.64. The van der Waals surface area contributed by atoms with E-state index in [0.717, 1.165) is 19.5 Å². The molecule has 2 atom stereocenters. The molecule has 23 heavy (non-hydrogen) atoms. The molecule has 1 fully saturated rings. The SMILES string of the molecule is CCc1ccc(CN(C)C(=O)CC(C)C2CCCNC2)cc1.Cl. The lowest BCUT2D eigenvalue weighted by molar-refractivity contribution is -0.131. The van der Waals surface area contributed by atoms with Gasteiger partial charge < -0.3 is 10.2 Å². The van der Waals surface area contributed by atoms with Crippen LogP contribution in [0.1, 0.15) is 44.2 Å². The maximum atomic E-state index is 12.4. The van der Waals surface area contributed by atoms with E-state index in [9.17, 15) is 4.79 Å². The van der Waals surface area contributed by atoms with Gasteiger partial charge in [0.05, 0.1) is 0 Å². The fourth-order valence-electron chi connectivity index (χ4n) is 3.20. The average molecular weight is 339 g/mol. The van der Waals surface area contributed by atoms with Crippen molar-refractivity contribution in [1.29, 1.82) is 0 Å². The number of nitrogens with zero attached hydrogens (tertiary/aromatic N) is 1. The summed E-state index contributed by atoms with van der Waals surface area (Å²) in [6, 6.07) is 8.59. The lowest BCUT2D eigenvalue weighted by atomic mass is 9.85. The topological polar surface area (TPSA) is 32.3 Å². The minimum absolute atomic E-state index is 0. The van der Waals surface area contributed by atoms with Crippen LogP contribution in [0.4, 0.5) is 0 Å². The Morgan fingerprint density at radius 1 is 1.30 bits per heavy atom. The van der Waals surface area contributed by atoms with E-state index in [-0.39, 0.29) is 18.3 Å². The van der Waals surface area contributed by atoms with E-state index in [1.54, 1.807) is 0 Å². The van der Waals surface area contributed by atoms with Crippen LogP contribution in [0.25, 0.3) is 0 Å². The molecule has 0 radical (unpaired) electrons.